The van der Waals surface area contributed by atoms with Crippen LogP contribution >= 0.6 is 0 Å². The molecule has 0 radical (unpaired) electrons. The number of carbonyl (C=O) groups is 1. The number of anilines is 1. The first kappa shape index (κ1) is 25.7. The number of hydrogen-bond donors (Lipinski definition) is 1. The molecular weight excluding hydrogens is 499 g/mol. The zero-order chi connectivity index (χ0) is 26.7. The lowest BCUT2D eigenvalue weighted by molar-refractivity contribution is -0.137. The number of amides is 1. The largest absolute Gasteiger partial charge is 0.457 e. The molecule has 1 fully saturated rings. The molecule has 0 atom stereocenters. The average molecular weight is 526 g/mol. The van der Waals surface area contributed by atoms with Crippen molar-refractivity contribution in [1.29, 1.82) is 0 Å². The number of aryl methyl sites for hydroxylation is 1. The van der Waals surface area contributed by atoms with Crippen molar-refractivity contribution in [2.24, 2.45) is 4.99 Å². The van der Waals surface area contributed by atoms with Crippen LogP contribution < -0.4 is 10.1 Å². The molecule has 1 N–H and O–H groups in total. The van der Waals surface area contributed by atoms with Gasteiger partial charge in [-0.1, -0.05) is 0 Å². The Kier molecular flexibility index (Phi) is 7.28. The number of halogens is 3. The minimum atomic E-state index is -4.44. The molecule has 2 aromatic carbocycles. The number of rotatable bonds is 4. The van der Waals surface area contributed by atoms with Crippen LogP contribution in [-0.4, -0.2) is 59.3 Å². The maximum atomic E-state index is 13.6. The molecular formula is C27H26F3N5O3. The van der Waals surface area contributed by atoms with Crippen molar-refractivity contribution in [1.82, 2.24) is 14.9 Å². The van der Waals surface area contributed by atoms with Gasteiger partial charge in [-0.05, 0) is 62.2 Å². The van der Waals surface area contributed by atoms with Crippen molar-refractivity contribution in [3.05, 3.63) is 71.2 Å². The molecule has 0 spiro atoms. The summed E-state index contributed by atoms with van der Waals surface area (Å²) in [6, 6.07) is 9.32. The van der Waals surface area contributed by atoms with Crippen LogP contribution in [0, 0.1) is 6.92 Å². The van der Waals surface area contributed by atoms with Gasteiger partial charge in [-0.25, -0.2) is 9.97 Å². The summed E-state index contributed by atoms with van der Waals surface area (Å²) in [5.41, 5.74) is 1.57. The third kappa shape index (κ3) is 5.77. The van der Waals surface area contributed by atoms with E-state index in [0.717, 1.165) is 36.4 Å². The van der Waals surface area contributed by atoms with Crippen LogP contribution in [0.15, 0.2) is 53.7 Å². The molecule has 8 nitrogen and oxygen atoms in total. The molecule has 11 heteroatoms. The summed E-state index contributed by atoms with van der Waals surface area (Å²) in [6.07, 6.45) is -1.20. The van der Waals surface area contributed by atoms with Crippen LogP contribution in [0.2, 0.25) is 0 Å². The van der Waals surface area contributed by atoms with Gasteiger partial charge in [-0.2, -0.15) is 13.2 Å². The van der Waals surface area contributed by atoms with Crippen molar-refractivity contribution in [3.8, 4) is 11.5 Å². The summed E-state index contributed by atoms with van der Waals surface area (Å²) in [5, 5.41) is 3.31. The number of benzene rings is 2. The first-order chi connectivity index (χ1) is 18.3. The monoisotopic (exact) mass is 525 g/mol. The first-order valence-electron chi connectivity index (χ1n) is 12.3. The van der Waals surface area contributed by atoms with Gasteiger partial charge in [-0.15, -0.1) is 0 Å². The molecule has 1 saturated heterocycles. The lowest BCUT2D eigenvalue weighted by Crippen LogP contribution is -2.40. The van der Waals surface area contributed by atoms with Crippen LogP contribution in [0.3, 0.4) is 0 Å². The quantitative estimate of drug-likeness (QED) is 0.491. The number of ether oxygens (including phenoxy) is 2. The van der Waals surface area contributed by atoms with Gasteiger partial charge in [0.05, 0.1) is 41.3 Å². The van der Waals surface area contributed by atoms with Crippen molar-refractivity contribution in [2.75, 3.05) is 38.2 Å². The summed E-state index contributed by atoms with van der Waals surface area (Å²) in [6.45, 7) is 4.32. The summed E-state index contributed by atoms with van der Waals surface area (Å²) < 4.78 is 50.0. The van der Waals surface area contributed by atoms with Gasteiger partial charge in [0.1, 0.15) is 23.1 Å². The average Bonchev–Trinajstić information content (AvgIpc) is 3.11. The molecule has 0 aliphatic carbocycles. The number of nitrogens with one attached hydrogen (secondary N) is 1. The lowest BCUT2D eigenvalue weighted by Gasteiger charge is -2.27. The third-order valence-corrected chi connectivity index (χ3v) is 6.27. The fourth-order valence-electron chi connectivity index (χ4n) is 4.31. The molecule has 3 aromatic rings. The van der Waals surface area contributed by atoms with E-state index in [-0.39, 0.29) is 11.7 Å². The third-order valence-electron chi connectivity index (χ3n) is 6.27. The first-order valence-corrected chi connectivity index (χ1v) is 12.3. The van der Waals surface area contributed by atoms with E-state index in [1.165, 1.54) is 12.1 Å². The molecule has 1 amide bonds. The molecule has 5 rings (SSSR count). The van der Waals surface area contributed by atoms with Gasteiger partial charge in [-0.3, -0.25) is 9.79 Å². The van der Waals surface area contributed by atoms with Crippen LogP contribution in [-0.2, 0) is 10.9 Å². The standard InChI is InChI=1S/C27H26F3N5O3/c1-17-32-16-22-23(3-2-10-31-25(22)33-17)34-24-9-8-20(15-21(24)26(36)35-11-13-37-14-12-35)38-19-6-4-18(5-7-19)27(28,29)30/h4-9,15-16H,2-3,10-14H2,1H3,(H,31,32,33). The number of nitrogens with zero attached hydrogens (tertiary/aromatic N) is 4. The molecule has 0 saturated carbocycles. The van der Waals surface area contributed by atoms with E-state index < -0.39 is 11.7 Å². The number of aliphatic imine (C=N–C) groups is 1. The maximum absolute atomic E-state index is 13.6. The maximum Gasteiger partial charge on any atom is 0.416 e. The van der Waals surface area contributed by atoms with E-state index in [4.69, 9.17) is 14.5 Å². The Morgan fingerprint density at radius 1 is 1.11 bits per heavy atom. The second-order valence-electron chi connectivity index (χ2n) is 8.98. The molecule has 2 aliphatic rings. The second kappa shape index (κ2) is 10.8. The molecule has 0 unspecified atom stereocenters. The highest BCUT2D eigenvalue weighted by molar-refractivity contribution is 6.08. The molecule has 0 bridgehead atoms. The van der Waals surface area contributed by atoms with Gasteiger partial charge in [0.25, 0.3) is 5.91 Å². The van der Waals surface area contributed by atoms with E-state index in [2.05, 4.69) is 15.3 Å². The Morgan fingerprint density at radius 2 is 1.84 bits per heavy atom. The van der Waals surface area contributed by atoms with Gasteiger partial charge in [0.15, 0.2) is 0 Å². The number of alkyl halides is 3. The van der Waals surface area contributed by atoms with E-state index in [1.807, 2.05) is 6.92 Å². The van der Waals surface area contributed by atoms with Crippen molar-refractivity contribution < 1.29 is 27.4 Å². The normalized spacial score (nSPS) is 16.9. The Hall–Kier alpha value is -3.99. The van der Waals surface area contributed by atoms with Crippen molar-refractivity contribution in [2.45, 2.75) is 25.9 Å². The Labute approximate surface area is 217 Å². The van der Waals surface area contributed by atoms with E-state index in [9.17, 15) is 18.0 Å². The van der Waals surface area contributed by atoms with Crippen molar-refractivity contribution >= 4 is 23.1 Å². The highest BCUT2D eigenvalue weighted by Crippen LogP contribution is 2.34. The molecule has 3 heterocycles. The number of morpholine rings is 1. The molecule has 1 aromatic heterocycles. The van der Waals surface area contributed by atoms with Gasteiger partial charge >= 0.3 is 6.18 Å². The summed E-state index contributed by atoms with van der Waals surface area (Å²) >= 11 is 0. The number of aromatic nitrogens is 2. The summed E-state index contributed by atoms with van der Waals surface area (Å²) in [7, 11) is 0. The minimum absolute atomic E-state index is 0.220. The smallest absolute Gasteiger partial charge is 0.416 e. The predicted molar refractivity (Wildman–Crippen MR) is 135 cm³/mol. The Morgan fingerprint density at radius 3 is 2.58 bits per heavy atom. The van der Waals surface area contributed by atoms with Crippen LogP contribution in [0.4, 0.5) is 24.7 Å². The highest BCUT2D eigenvalue weighted by atomic mass is 19.4. The van der Waals surface area contributed by atoms with Crippen LogP contribution in [0.1, 0.15) is 40.2 Å². The number of carbonyl (C=O) groups excluding carboxylic acids is 1. The van der Waals surface area contributed by atoms with E-state index in [0.29, 0.717) is 61.4 Å². The van der Waals surface area contributed by atoms with Gasteiger partial charge in [0, 0.05) is 25.8 Å². The van der Waals surface area contributed by atoms with Gasteiger partial charge in [0.2, 0.25) is 0 Å². The lowest BCUT2D eigenvalue weighted by atomic mass is 10.1. The number of fused-ring (bicyclic) bond motifs is 1. The van der Waals surface area contributed by atoms with E-state index in [1.54, 1.807) is 29.3 Å². The van der Waals surface area contributed by atoms with E-state index >= 15 is 0 Å². The zero-order valence-corrected chi connectivity index (χ0v) is 20.7. The number of hydrogen-bond acceptors (Lipinski definition) is 7. The van der Waals surface area contributed by atoms with Crippen LogP contribution in [0.5, 0.6) is 11.5 Å². The minimum Gasteiger partial charge on any atom is -0.457 e. The summed E-state index contributed by atoms with van der Waals surface area (Å²) in [4.78, 5) is 29.0. The molecule has 38 heavy (non-hydrogen) atoms. The summed E-state index contributed by atoms with van der Waals surface area (Å²) in [5.74, 6) is 1.66. The van der Waals surface area contributed by atoms with Crippen molar-refractivity contribution in [3.63, 3.8) is 0 Å². The SMILES string of the molecule is Cc1ncc2c(n1)NCCCC2=Nc1ccc(Oc2ccc(C(F)(F)F)cc2)cc1C(=O)N1CCOCC1. The second-order valence-corrected chi connectivity index (χ2v) is 8.98. The topological polar surface area (TPSA) is 88.9 Å². The zero-order valence-electron chi connectivity index (χ0n) is 20.7. The fraction of sp³-hybridized carbons (Fsp3) is 0.333. The molecule has 2 aliphatic heterocycles. The van der Waals surface area contributed by atoms with Gasteiger partial charge < -0.3 is 19.7 Å². The highest BCUT2D eigenvalue weighted by Gasteiger charge is 2.30. The Bertz CT molecular complexity index is 1350. The van der Waals surface area contributed by atoms with Crippen LogP contribution in [0.25, 0.3) is 0 Å². The Balaban J connectivity index is 1.51. The molecule has 198 valence electrons. The predicted octanol–water partition coefficient (Wildman–Crippen LogP) is 5.40. The fourth-order valence-corrected chi connectivity index (χ4v) is 4.31.